The fourth-order valence-corrected chi connectivity index (χ4v) is 2.25. The van der Waals surface area contributed by atoms with Crippen molar-refractivity contribution in [1.82, 2.24) is 15.3 Å². The Morgan fingerprint density at radius 2 is 2.06 bits per heavy atom. The van der Waals surface area contributed by atoms with Crippen LogP contribution < -0.4 is 10.1 Å². The number of hydrogen-bond donors (Lipinski definition) is 1. The molecule has 0 aromatic carbocycles. The standard InChI is InChI=1S/C12H19N3O/c1-8(9-4-5-9)10(13-2)11-12(16-3)15-7-6-14-11/h6-10,13H,4-5H2,1-3H3. The third kappa shape index (κ3) is 2.16. The highest BCUT2D eigenvalue weighted by Gasteiger charge is 2.35. The summed E-state index contributed by atoms with van der Waals surface area (Å²) in [6.45, 7) is 2.27. The van der Waals surface area contributed by atoms with Crippen LogP contribution in [0.4, 0.5) is 0 Å². The molecule has 0 aliphatic heterocycles. The number of nitrogens with one attached hydrogen (secondary N) is 1. The number of ether oxygens (including phenoxy) is 1. The topological polar surface area (TPSA) is 47.0 Å². The van der Waals surface area contributed by atoms with Crippen LogP contribution in [0.1, 0.15) is 31.5 Å². The SMILES string of the molecule is CNC(c1nccnc1OC)C(C)C1CC1. The largest absolute Gasteiger partial charge is 0.480 e. The van der Waals surface area contributed by atoms with Crippen LogP contribution in [0.25, 0.3) is 0 Å². The maximum atomic E-state index is 5.26. The third-order valence-corrected chi connectivity index (χ3v) is 3.38. The van der Waals surface area contributed by atoms with Gasteiger partial charge in [-0.05, 0) is 31.7 Å². The summed E-state index contributed by atoms with van der Waals surface area (Å²) in [5.74, 6) is 2.04. The smallest absolute Gasteiger partial charge is 0.237 e. The molecule has 1 heterocycles. The van der Waals surface area contributed by atoms with Crippen LogP contribution in [0.5, 0.6) is 5.88 Å². The third-order valence-electron chi connectivity index (χ3n) is 3.38. The summed E-state index contributed by atoms with van der Waals surface area (Å²) in [5, 5.41) is 3.33. The van der Waals surface area contributed by atoms with Crippen molar-refractivity contribution in [3.8, 4) is 5.88 Å². The van der Waals surface area contributed by atoms with E-state index in [1.807, 2.05) is 7.05 Å². The highest BCUT2D eigenvalue weighted by molar-refractivity contribution is 5.22. The van der Waals surface area contributed by atoms with Crippen molar-refractivity contribution in [3.63, 3.8) is 0 Å². The van der Waals surface area contributed by atoms with Gasteiger partial charge in [0.05, 0.1) is 13.2 Å². The van der Waals surface area contributed by atoms with Crippen LogP contribution in [0, 0.1) is 11.8 Å². The number of methoxy groups -OCH3 is 1. The molecule has 4 heteroatoms. The van der Waals surface area contributed by atoms with Crippen molar-refractivity contribution in [2.75, 3.05) is 14.2 Å². The summed E-state index contributed by atoms with van der Waals surface area (Å²) in [6, 6.07) is 0.233. The Balaban J connectivity index is 2.24. The summed E-state index contributed by atoms with van der Waals surface area (Å²) in [5.41, 5.74) is 0.923. The fraction of sp³-hybridized carbons (Fsp3) is 0.667. The van der Waals surface area contributed by atoms with Crippen LogP contribution in [0.15, 0.2) is 12.4 Å². The maximum Gasteiger partial charge on any atom is 0.237 e. The number of hydrogen-bond acceptors (Lipinski definition) is 4. The zero-order valence-electron chi connectivity index (χ0n) is 10.1. The second kappa shape index (κ2) is 4.78. The molecule has 1 aromatic rings. The zero-order chi connectivity index (χ0) is 11.5. The van der Waals surface area contributed by atoms with Crippen LogP contribution in [0.2, 0.25) is 0 Å². The molecule has 2 unspecified atom stereocenters. The molecule has 88 valence electrons. The van der Waals surface area contributed by atoms with Gasteiger partial charge in [0.15, 0.2) is 0 Å². The maximum absolute atomic E-state index is 5.26. The molecule has 1 saturated carbocycles. The normalized spacial score (nSPS) is 19.2. The molecule has 0 spiro atoms. The minimum Gasteiger partial charge on any atom is -0.480 e. The lowest BCUT2D eigenvalue weighted by Gasteiger charge is -2.23. The average molecular weight is 221 g/mol. The first-order chi connectivity index (χ1) is 7.77. The van der Waals surface area contributed by atoms with Crippen molar-refractivity contribution >= 4 is 0 Å². The molecule has 2 atom stereocenters. The lowest BCUT2D eigenvalue weighted by molar-refractivity contribution is 0.331. The molecule has 1 aliphatic rings. The molecule has 0 amide bonds. The molecule has 1 N–H and O–H groups in total. The van der Waals surface area contributed by atoms with Crippen molar-refractivity contribution in [3.05, 3.63) is 18.1 Å². The van der Waals surface area contributed by atoms with Gasteiger partial charge in [0.1, 0.15) is 5.69 Å². The Labute approximate surface area is 96.4 Å². The molecule has 0 saturated heterocycles. The molecule has 1 aliphatic carbocycles. The van der Waals surface area contributed by atoms with E-state index in [0.29, 0.717) is 11.8 Å². The summed E-state index contributed by atoms with van der Waals surface area (Å²) in [4.78, 5) is 8.61. The lowest BCUT2D eigenvalue weighted by atomic mass is 9.94. The molecule has 1 aromatic heterocycles. The van der Waals surface area contributed by atoms with Gasteiger partial charge in [-0.15, -0.1) is 0 Å². The summed E-state index contributed by atoms with van der Waals surface area (Å²) < 4.78 is 5.26. The quantitative estimate of drug-likeness (QED) is 0.823. The van der Waals surface area contributed by atoms with Crippen LogP contribution in [0.3, 0.4) is 0 Å². The second-order valence-electron chi connectivity index (χ2n) is 4.41. The fourth-order valence-electron chi connectivity index (χ4n) is 2.25. The number of aromatic nitrogens is 2. The monoisotopic (exact) mass is 221 g/mol. The van der Waals surface area contributed by atoms with E-state index in [0.717, 1.165) is 11.6 Å². The summed E-state index contributed by atoms with van der Waals surface area (Å²) >= 11 is 0. The Morgan fingerprint density at radius 1 is 1.38 bits per heavy atom. The Hall–Kier alpha value is -1.16. The van der Waals surface area contributed by atoms with Gasteiger partial charge in [-0.25, -0.2) is 4.98 Å². The van der Waals surface area contributed by atoms with E-state index in [1.165, 1.54) is 12.8 Å². The van der Waals surface area contributed by atoms with Gasteiger partial charge in [-0.1, -0.05) is 6.92 Å². The number of nitrogens with zero attached hydrogens (tertiary/aromatic N) is 2. The zero-order valence-corrected chi connectivity index (χ0v) is 10.1. The van der Waals surface area contributed by atoms with Gasteiger partial charge in [-0.3, -0.25) is 4.98 Å². The average Bonchev–Trinajstić information content (AvgIpc) is 3.14. The van der Waals surface area contributed by atoms with E-state index < -0.39 is 0 Å². The van der Waals surface area contributed by atoms with Gasteiger partial charge < -0.3 is 10.1 Å². The highest BCUT2D eigenvalue weighted by Crippen LogP contribution is 2.43. The molecule has 0 bridgehead atoms. The van der Waals surface area contributed by atoms with Crippen molar-refractivity contribution in [2.24, 2.45) is 11.8 Å². The van der Waals surface area contributed by atoms with E-state index in [4.69, 9.17) is 4.74 Å². The van der Waals surface area contributed by atoms with Gasteiger partial charge in [0.2, 0.25) is 5.88 Å². The van der Waals surface area contributed by atoms with Gasteiger partial charge in [0, 0.05) is 12.4 Å². The highest BCUT2D eigenvalue weighted by atomic mass is 16.5. The van der Waals surface area contributed by atoms with Gasteiger partial charge in [-0.2, -0.15) is 0 Å². The Bertz CT molecular complexity index is 352. The van der Waals surface area contributed by atoms with E-state index in [9.17, 15) is 0 Å². The molecule has 1 fully saturated rings. The van der Waals surface area contributed by atoms with E-state index >= 15 is 0 Å². The molecule has 2 rings (SSSR count). The first-order valence-electron chi connectivity index (χ1n) is 5.80. The minimum absolute atomic E-state index is 0.233. The first kappa shape index (κ1) is 11.3. The molecular formula is C12H19N3O. The van der Waals surface area contributed by atoms with Gasteiger partial charge in [0.25, 0.3) is 0 Å². The molecular weight excluding hydrogens is 202 g/mol. The van der Waals surface area contributed by atoms with Crippen LogP contribution >= 0.6 is 0 Å². The predicted molar refractivity (Wildman–Crippen MR) is 62.3 cm³/mol. The van der Waals surface area contributed by atoms with E-state index in [1.54, 1.807) is 19.5 Å². The van der Waals surface area contributed by atoms with Crippen molar-refractivity contribution < 1.29 is 4.74 Å². The van der Waals surface area contributed by atoms with Gasteiger partial charge >= 0.3 is 0 Å². The number of rotatable bonds is 5. The van der Waals surface area contributed by atoms with Crippen molar-refractivity contribution in [2.45, 2.75) is 25.8 Å². The first-order valence-corrected chi connectivity index (χ1v) is 5.80. The predicted octanol–water partition coefficient (Wildman–Crippen LogP) is 1.79. The van der Waals surface area contributed by atoms with Crippen LogP contribution in [-0.4, -0.2) is 24.1 Å². The molecule has 4 nitrogen and oxygen atoms in total. The summed E-state index contributed by atoms with van der Waals surface area (Å²) in [6.07, 6.45) is 6.06. The van der Waals surface area contributed by atoms with E-state index in [2.05, 4.69) is 22.2 Å². The Kier molecular flexibility index (Phi) is 3.39. The molecule has 16 heavy (non-hydrogen) atoms. The van der Waals surface area contributed by atoms with E-state index in [-0.39, 0.29) is 6.04 Å². The molecule has 0 radical (unpaired) electrons. The summed E-state index contributed by atoms with van der Waals surface area (Å²) in [7, 11) is 3.61. The van der Waals surface area contributed by atoms with Crippen LogP contribution in [-0.2, 0) is 0 Å². The Morgan fingerprint density at radius 3 is 2.62 bits per heavy atom. The lowest BCUT2D eigenvalue weighted by Crippen LogP contribution is -2.26. The van der Waals surface area contributed by atoms with Crippen molar-refractivity contribution in [1.29, 1.82) is 0 Å². The second-order valence-corrected chi connectivity index (χ2v) is 4.41. The minimum atomic E-state index is 0.233.